The van der Waals surface area contributed by atoms with Crippen molar-refractivity contribution < 1.29 is 14.7 Å². The quantitative estimate of drug-likeness (QED) is 0.861. The van der Waals surface area contributed by atoms with Crippen molar-refractivity contribution in [2.75, 3.05) is 11.9 Å². The van der Waals surface area contributed by atoms with Gasteiger partial charge in [0, 0.05) is 6.54 Å². The van der Waals surface area contributed by atoms with Gasteiger partial charge < -0.3 is 15.3 Å². The molecule has 2 N–H and O–H groups in total. The summed E-state index contributed by atoms with van der Waals surface area (Å²) in [5, 5.41) is 20.8. The van der Waals surface area contributed by atoms with E-state index >= 15 is 0 Å². The fourth-order valence-electron chi connectivity index (χ4n) is 2.37. The van der Waals surface area contributed by atoms with Crippen LogP contribution in [0.25, 0.3) is 0 Å². The van der Waals surface area contributed by atoms with Crippen LogP contribution in [-0.2, 0) is 4.79 Å². The third-order valence-electron chi connectivity index (χ3n) is 3.42. The zero-order valence-corrected chi connectivity index (χ0v) is 11.1. The first-order chi connectivity index (χ1) is 9.54. The number of hydrogen-bond acceptors (Lipinski definition) is 3. The van der Waals surface area contributed by atoms with Crippen LogP contribution in [0.3, 0.4) is 0 Å². The average Bonchev–Trinajstić information content (AvgIpc) is 2.88. The van der Waals surface area contributed by atoms with Crippen LogP contribution in [-0.4, -0.2) is 34.6 Å². The SMILES string of the molecule is Cc1cccc(NC(=O)N2CCCC2C(=O)O)c1C#N. The summed E-state index contributed by atoms with van der Waals surface area (Å²) in [6.45, 7) is 2.20. The number of carboxylic acid groups (broad SMARTS) is 1. The highest BCUT2D eigenvalue weighted by Crippen LogP contribution is 2.22. The molecule has 20 heavy (non-hydrogen) atoms. The Balaban J connectivity index is 2.19. The fraction of sp³-hybridized carbons (Fsp3) is 0.357. The first-order valence-electron chi connectivity index (χ1n) is 6.34. The molecule has 0 aromatic heterocycles. The lowest BCUT2D eigenvalue weighted by atomic mass is 10.1. The second-order valence-corrected chi connectivity index (χ2v) is 4.73. The monoisotopic (exact) mass is 273 g/mol. The van der Waals surface area contributed by atoms with Gasteiger partial charge in [0.1, 0.15) is 12.1 Å². The molecule has 1 unspecified atom stereocenters. The van der Waals surface area contributed by atoms with Crippen molar-refractivity contribution in [2.45, 2.75) is 25.8 Å². The molecule has 1 aromatic rings. The van der Waals surface area contributed by atoms with Crippen LogP contribution < -0.4 is 5.32 Å². The van der Waals surface area contributed by atoms with E-state index in [1.807, 2.05) is 6.07 Å². The Morgan fingerprint density at radius 3 is 2.90 bits per heavy atom. The molecule has 6 heteroatoms. The third-order valence-corrected chi connectivity index (χ3v) is 3.42. The molecule has 0 saturated carbocycles. The predicted molar refractivity (Wildman–Crippen MR) is 72.3 cm³/mol. The van der Waals surface area contributed by atoms with Gasteiger partial charge in [0.05, 0.1) is 11.3 Å². The Morgan fingerprint density at radius 1 is 1.50 bits per heavy atom. The second-order valence-electron chi connectivity index (χ2n) is 4.73. The van der Waals surface area contributed by atoms with E-state index in [0.717, 1.165) is 5.56 Å². The highest BCUT2D eigenvalue weighted by Gasteiger charge is 2.34. The number of nitriles is 1. The largest absolute Gasteiger partial charge is 0.480 e. The zero-order chi connectivity index (χ0) is 14.7. The normalized spacial score (nSPS) is 17.6. The molecule has 1 aliphatic rings. The van der Waals surface area contributed by atoms with Crippen LogP contribution in [0.5, 0.6) is 0 Å². The fourth-order valence-corrected chi connectivity index (χ4v) is 2.37. The van der Waals surface area contributed by atoms with E-state index < -0.39 is 18.0 Å². The van der Waals surface area contributed by atoms with E-state index in [2.05, 4.69) is 5.32 Å². The van der Waals surface area contributed by atoms with Gasteiger partial charge in [-0.2, -0.15) is 5.26 Å². The minimum absolute atomic E-state index is 0.395. The molecular formula is C14H15N3O3. The molecule has 6 nitrogen and oxygen atoms in total. The Bertz CT molecular complexity index is 592. The number of carbonyl (C=O) groups excluding carboxylic acids is 1. The second kappa shape index (κ2) is 5.61. The first-order valence-corrected chi connectivity index (χ1v) is 6.34. The molecule has 0 aliphatic carbocycles. The average molecular weight is 273 g/mol. The summed E-state index contributed by atoms with van der Waals surface area (Å²) in [7, 11) is 0. The summed E-state index contributed by atoms with van der Waals surface area (Å²) in [6.07, 6.45) is 1.13. The maximum absolute atomic E-state index is 12.2. The third kappa shape index (κ3) is 2.57. The van der Waals surface area contributed by atoms with Gasteiger partial charge in [0.2, 0.25) is 0 Å². The molecular weight excluding hydrogens is 258 g/mol. The van der Waals surface area contributed by atoms with Crippen LogP contribution in [0.15, 0.2) is 18.2 Å². The first kappa shape index (κ1) is 13.9. The van der Waals surface area contributed by atoms with E-state index in [4.69, 9.17) is 10.4 Å². The maximum atomic E-state index is 12.2. The van der Waals surface area contributed by atoms with Gasteiger partial charge in [-0.05, 0) is 31.4 Å². The Hall–Kier alpha value is -2.55. The van der Waals surface area contributed by atoms with Crippen molar-refractivity contribution in [1.82, 2.24) is 4.90 Å². The number of anilines is 1. The summed E-state index contributed by atoms with van der Waals surface area (Å²) < 4.78 is 0. The van der Waals surface area contributed by atoms with Gasteiger partial charge in [-0.1, -0.05) is 12.1 Å². The Kier molecular flexibility index (Phi) is 3.89. The van der Waals surface area contributed by atoms with Crippen molar-refractivity contribution in [2.24, 2.45) is 0 Å². The van der Waals surface area contributed by atoms with Crippen molar-refractivity contribution >= 4 is 17.7 Å². The van der Waals surface area contributed by atoms with E-state index in [1.165, 1.54) is 4.90 Å². The van der Waals surface area contributed by atoms with E-state index in [0.29, 0.717) is 30.6 Å². The molecule has 2 rings (SSSR count). The number of carbonyl (C=O) groups is 2. The topological polar surface area (TPSA) is 93.4 Å². The van der Waals surface area contributed by atoms with Gasteiger partial charge in [0.15, 0.2) is 0 Å². The predicted octanol–water partition coefficient (Wildman–Crippen LogP) is 1.95. The lowest BCUT2D eigenvalue weighted by molar-refractivity contribution is -0.141. The number of nitrogens with one attached hydrogen (secondary N) is 1. The lowest BCUT2D eigenvalue weighted by Crippen LogP contribution is -2.42. The van der Waals surface area contributed by atoms with E-state index in [1.54, 1.807) is 25.1 Å². The van der Waals surface area contributed by atoms with Gasteiger partial charge in [-0.25, -0.2) is 9.59 Å². The van der Waals surface area contributed by atoms with E-state index in [-0.39, 0.29) is 0 Å². The molecule has 0 radical (unpaired) electrons. The summed E-state index contributed by atoms with van der Waals surface area (Å²) in [5.74, 6) is -0.998. The van der Waals surface area contributed by atoms with Crippen molar-refractivity contribution in [3.63, 3.8) is 0 Å². The molecule has 1 heterocycles. The molecule has 1 aromatic carbocycles. The molecule has 104 valence electrons. The maximum Gasteiger partial charge on any atom is 0.326 e. The minimum atomic E-state index is -0.998. The number of benzene rings is 1. The highest BCUT2D eigenvalue weighted by atomic mass is 16.4. The molecule has 2 amide bonds. The van der Waals surface area contributed by atoms with Crippen molar-refractivity contribution in [3.05, 3.63) is 29.3 Å². The number of nitrogens with zero attached hydrogens (tertiary/aromatic N) is 2. The molecule has 1 saturated heterocycles. The smallest absolute Gasteiger partial charge is 0.326 e. The number of carboxylic acids is 1. The number of amides is 2. The van der Waals surface area contributed by atoms with Crippen LogP contribution in [0, 0.1) is 18.3 Å². The van der Waals surface area contributed by atoms with Crippen LogP contribution in [0.1, 0.15) is 24.0 Å². The zero-order valence-electron chi connectivity index (χ0n) is 11.1. The number of rotatable bonds is 2. The van der Waals surface area contributed by atoms with Crippen molar-refractivity contribution in [1.29, 1.82) is 5.26 Å². The van der Waals surface area contributed by atoms with Gasteiger partial charge in [-0.3, -0.25) is 0 Å². The molecule has 1 atom stereocenters. The highest BCUT2D eigenvalue weighted by molar-refractivity contribution is 5.94. The summed E-state index contributed by atoms with van der Waals surface area (Å²) in [4.78, 5) is 24.5. The summed E-state index contributed by atoms with van der Waals surface area (Å²) in [5.41, 5.74) is 1.57. The lowest BCUT2D eigenvalue weighted by Gasteiger charge is -2.22. The Morgan fingerprint density at radius 2 is 2.25 bits per heavy atom. The minimum Gasteiger partial charge on any atom is -0.480 e. The van der Waals surface area contributed by atoms with Crippen LogP contribution in [0.4, 0.5) is 10.5 Å². The van der Waals surface area contributed by atoms with Crippen molar-refractivity contribution in [3.8, 4) is 6.07 Å². The van der Waals surface area contributed by atoms with E-state index in [9.17, 15) is 9.59 Å². The summed E-state index contributed by atoms with van der Waals surface area (Å²) >= 11 is 0. The molecule has 1 fully saturated rings. The number of aliphatic carboxylic acids is 1. The molecule has 0 spiro atoms. The number of urea groups is 1. The van der Waals surface area contributed by atoms with Gasteiger partial charge in [-0.15, -0.1) is 0 Å². The van der Waals surface area contributed by atoms with Gasteiger partial charge >= 0.3 is 12.0 Å². The molecule has 1 aliphatic heterocycles. The van der Waals surface area contributed by atoms with Gasteiger partial charge in [0.25, 0.3) is 0 Å². The van der Waals surface area contributed by atoms with Crippen LogP contribution in [0.2, 0.25) is 0 Å². The van der Waals surface area contributed by atoms with Crippen LogP contribution >= 0.6 is 0 Å². The Labute approximate surface area is 116 Å². The summed E-state index contributed by atoms with van der Waals surface area (Å²) in [6, 6.07) is 5.94. The standard InChI is InChI=1S/C14H15N3O3/c1-9-4-2-5-11(10(9)8-15)16-14(20)17-7-3-6-12(17)13(18)19/h2,4-5,12H,3,6-7H2,1H3,(H,16,20)(H,18,19). The number of aryl methyl sites for hydroxylation is 1. The number of likely N-dealkylation sites (tertiary alicyclic amines) is 1. The number of hydrogen-bond donors (Lipinski definition) is 2. The molecule has 0 bridgehead atoms.